The summed E-state index contributed by atoms with van der Waals surface area (Å²) in [5, 5.41) is 5.15. The normalized spacial score (nSPS) is 12.6. The maximum absolute atomic E-state index is 12.0. The van der Waals surface area contributed by atoms with Gasteiger partial charge in [-0.1, -0.05) is 32.8 Å². The highest BCUT2D eigenvalue weighted by Crippen LogP contribution is 2.30. The van der Waals surface area contributed by atoms with Crippen molar-refractivity contribution >= 4 is 17.2 Å². The topological polar surface area (TPSA) is 47.6 Å². The summed E-state index contributed by atoms with van der Waals surface area (Å²) in [5.41, 5.74) is 0. The average molecular weight is 299 g/mol. The van der Waals surface area contributed by atoms with E-state index in [9.17, 15) is 4.79 Å². The third kappa shape index (κ3) is 5.61. The van der Waals surface area contributed by atoms with E-state index in [1.807, 2.05) is 11.4 Å². The lowest BCUT2D eigenvalue weighted by Gasteiger charge is -2.25. The molecule has 0 aliphatic heterocycles. The Morgan fingerprint density at radius 3 is 2.65 bits per heavy atom. The molecule has 20 heavy (non-hydrogen) atoms. The molecule has 0 aromatic carbocycles. The van der Waals surface area contributed by atoms with E-state index in [1.165, 1.54) is 4.88 Å². The Kier molecular flexibility index (Phi) is 8.49. The molecule has 0 saturated carbocycles. The van der Waals surface area contributed by atoms with E-state index in [0.29, 0.717) is 19.1 Å². The van der Waals surface area contributed by atoms with Crippen molar-refractivity contribution in [3.05, 3.63) is 22.4 Å². The zero-order valence-corrected chi connectivity index (χ0v) is 13.4. The molecule has 0 spiro atoms. The summed E-state index contributed by atoms with van der Waals surface area (Å²) in [7, 11) is 1.61. The van der Waals surface area contributed by atoms with Crippen molar-refractivity contribution in [1.29, 1.82) is 0 Å². The van der Waals surface area contributed by atoms with Crippen molar-refractivity contribution in [2.24, 2.45) is 5.92 Å². The fraction of sp³-hybridized carbons (Fsp3) is 0.667. The molecule has 0 radical (unpaired) electrons. The number of methoxy groups -OCH3 is 1. The summed E-state index contributed by atoms with van der Waals surface area (Å²) in [6.45, 7) is 5.37. The maximum Gasteiger partial charge on any atom is 0.246 e. The predicted molar refractivity (Wildman–Crippen MR) is 82.0 cm³/mol. The van der Waals surface area contributed by atoms with Gasteiger partial charge in [0.15, 0.2) is 0 Å². The van der Waals surface area contributed by atoms with Crippen molar-refractivity contribution < 1.29 is 14.3 Å². The summed E-state index contributed by atoms with van der Waals surface area (Å²) in [6.07, 6.45) is 2.09. The first-order valence-corrected chi connectivity index (χ1v) is 8.00. The van der Waals surface area contributed by atoms with Crippen molar-refractivity contribution in [1.82, 2.24) is 5.32 Å². The molecule has 1 N–H and O–H groups in total. The molecule has 5 heteroatoms. The van der Waals surface area contributed by atoms with Crippen LogP contribution < -0.4 is 5.32 Å². The molecule has 1 rings (SSSR count). The fourth-order valence-corrected chi connectivity index (χ4v) is 3.04. The van der Waals surface area contributed by atoms with Crippen molar-refractivity contribution in [3.8, 4) is 0 Å². The van der Waals surface area contributed by atoms with Crippen LogP contribution in [0.15, 0.2) is 17.5 Å². The number of thiophene rings is 1. The molecule has 0 fully saturated rings. The molecule has 0 unspecified atom stereocenters. The largest absolute Gasteiger partial charge is 0.382 e. The second kappa shape index (κ2) is 9.91. The van der Waals surface area contributed by atoms with Crippen molar-refractivity contribution in [2.45, 2.75) is 32.7 Å². The Morgan fingerprint density at radius 1 is 1.35 bits per heavy atom. The Morgan fingerprint density at radius 2 is 2.10 bits per heavy atom. The van der Waals surface area contributed by atoms with Crippen LogP contribution >= 0.6 is 11.3 Å². The highest BCUT2D eigenvalue weighted by Gasteiger charge is 2.23. The van der Waals surface area contributed by atoms with Gasteiger partial charge in [0, 0.05) is 12.0 Å². The van der Waals surface area contributed by atoms with E-state index in [-0.39, 0.29) is 18.6 Å². The summed E-state index contributed by atoms with van der Waals surface area (Å²) in [6, 6.07) is 4.19. The first kappa shape index (κ1) is 17.1. The summed E-state index contributed by atoms with van der Waals surface area (Å²) in [4.78, 5) is 13.2. The highest BCUT2D eigenvalue weighted by atomic mass is 32.1. The Balaban J connectivity index is 2.54. The zero-order chi connectivity index (χ0) is 14.8. The van der Waals surface area contributed by atoms with Crippen LogP contribution in [0.1, 0.15) is 37.6 Å². The molecular weight excluding hydrogens is 274 g/mol. The van der Waals surface area contributed by atoms with Gasteiger partial charge < -0.3 is 14.8 Å². The van der Waals surface area contributed by atoms with Gasteiger partial charge in [0.25, 0.3) is 0 Å². The SMILES string of the molecule is CCC(CC)[C@@H](NC(=O)COCCOC)c1cccs1. The van der Waals surface area contributed by atoms with Gasteiger partial charge in [0.05, 0.1) is 19.3 Å². The highest BCUT2D eigenvalue weighted by molar-refractivity contribution is 7.10. The minimum atomic E-state index is -0.0635. The third-order valence-electron chi connectivity index (χ3n) is 3.35. The Bertz CT molecular complexity index is 363. The van der Waals surface area contributed by atoms with Crippen LogP contribution in [-0.2, 0) is 14.3 Å². The number of carbonyl (C=O) groups is 1. The van der Waals surface area contributed by atoms with Gasteiger partial charge in [-0.2, -0.15) is 0 Å². The van der Waals surface area contributed by atoms with Crippen LogP contribution in [0.25, 0.3) is 0 Å². The molecule has 1 amide bonds. The van der Waals surface area contributed by atoms with Gasteiger partial charge in [-0.05, 0) is 17.4 Å². The standard InChI is InChI=1S/C15H25NO3S/c1-4-12(5-2)15(13-7-6-10-20-13)16-14(17)11-19-9-8-18-3/h6-7,10,12,15H,4-5,8-9,11H2,1-3H3,(H,16,17)/t15-/m1/s1. The second-order valence-corrected chi connectivity index (χ2v) is 5.66. The summed E-state index contributed by atoms with van der Waals surface area (Å²) < 4.78 is 10.1. The van der Waals surface area contributed by atoms with Crippen LogP contribution in [0.3, 0.4) is 0 Å². The predicted octanol–water partition coefficient (Wildman–Crippen LogP) is 3.00. The molecule has 114 valence electrons. The molecule has 1 aromatic heterocycles. The molecule has 1 heterocycles. The number of hydrogen-bond acceptors (Lipinski definition) is 4. The first-order valence-electron chi connectivity index (χ1n) is 7.12. The second-order valence-electron chi connectivity index (χ2n) is 4.68. The number of hydrogen-bond donors (Lipinski definition) is 1. The third-order valence-corrected chi connectivity index (χ3v) is 4.31. The van der Waals surface area contributed by atoms with E-state index < -0.39 is 0 Å². The first-order chi connectivity index (χ1) is 9.72. The van der Waals surface area contributed by atoms with Gasteiger partial charge in [0.1, 0.15) is 6.61 Å². The number of ether oxygens (including phenoxy) is 2. The van der Waals surface area contributed by atoms with Crippen molar-refractivity contribution in [2.75, 3.05) is 26.9 Å². The van der Waals surface area contributed by atoms with Crippen LogP contribution in [-0.4, -0.2) is 32.8 Å². The van der Waals surface area contributed by atoms with Gasteiger partial charge in [-0.3, -0.25) is 4.79 Å². The summed E-state index contributed by atoms with van der Waals surface area (Å²) in [5.74, 6) is 0.392. The van der Waals surface area contributed by atoms with Crippen molar-refractivity contribution in [3.63, 3.8) is 0 Å². The smallest absolute Gasteiger partial charge is 0.246 e. The molecule has 0 aliphatic rings. The quantitative estimate of drug-likeness (QED) is 0.676. The lowest BCUT2D eigenvalue weighted by Crippen LogP contribution is -2.35. The molecule has 0 saturated heterocycles. The average Bonchev–Trinajstić information content (AvgIpc) is 2.97. The van der Waals surface area contributed by atoms with Gasteiger partial charge in [-0.15, -0.1) is 11.3 Å². The van der Waals surface area contributed by atoms with E-state index >= 15 is 0 Å². The van der Waals surface area contributed by atoms with Crippen LogP contribution in [0.4, 0.5) is 0 Å². The number of amides is 1. The maximum atomic E-state index is 12.0. The van der Waals surface area contributed by atoms with E-state index in [1.54, 1.807) is 18.4 Å². The fourth-order valence-electron chi connectivity index (χ4n) is 2.17. The number of nitrogens with one attached hydrogen (secondary N) is 1. The number of rotatable bonds is 10. The monoisotopic (exact) mass is 299 g/mol. The Labute approximate surface area is 125 Å². The summed E-state index contributed by atoms with van der Waals surface area (Å²) >= 11 is 1.69. The minimum absolute atomic E-state index is 0.0635. The lowest BCUT2D eigenvalue weighted by molar-refractivity contribution is -0.127. The minimum Gasteiger partial charge on any atom is -0.382 e. The molecular formula is C15H25NO3S. The molecule has 0 aliphatic carbocycles. The lowest BCUT2D eigenvalue weighted by atomic mass is 9.93. The van der Waals surface area contributed by atoms with Gasteiger partial charge in [0.2, 0.25) is 5.91 Å². The molecule has 1 aromatic rings. The molecule has 0 bridgehead atoms. The van der Waals surface area contributed by atoms with Gasteiger partial charge >= 0.3 is 0 Å². The van der Waals surface area contributed by atoms with E-state index in [0.717, 1.165) is 12.8 Å². The van der Waals surface area contributed by atoms with Gasteiger partial charge in [-0.25, -0.2) is 0 Å². The van der Waals surface area contributed by atoms with Crippen LogP contribution in [0, 0.1) is 5.92 Å². The Hall–Kier alpha value is -0.910. The van der Waals surface area contributed by atoms with Crippen LogP contribution in [0.2, 0.25) is 0 Å². The van der Waals surface area contributed by atoms with E-state index in [2.05, 4.69) is 25.2 Å². The van der Waals surface area contributed by atoms with E-state index in [4.69, 9.17) is 9.47 Å². The zero-order valence-electron chi connectivity index (χ0n) is 12.6. The van der Waals surface area contributed by atoms with Crippen LogP contribution in [0.5, 0.6) is 0 Å². The number of carbonyl (C=O) groups excluding carboxylic acids is 1. The molecule has 1 atom stereocenters. The molecule has 4 nitrogen and oxygen atoms in total.